The molecule has 0 fully saturated rings. The maximum absolute atomic E-state index is 13.7. The van der Waals surface area contributed by atoms with Crippen molar-refractivity contribution in [3.63, 3.8) is 0 Å². The summed E-state index contributed by atoms with van der Waals surface area (Å²) in [6.07, 6.45) is 7.05. The van der Waals surface area contributed by atoms with Gasteiger partial charge in [-0.05, 0) is 72.5 Å². The van der Waals surface area contributed by atoms with Crippen LogP contribution in [-0.4, -0.2) is 51.8 Å². The molecule has 2 amide bonds. The zero-order valence-electron chi connectivity index (χ0n) is 22.6. The van der Waals surface area contributed by atoms with Gasteiger partial charge in [0.05, 0.1) is 27.2 Å². The number of carbonyl (C=O) groups is 4. The minimum Gasteiger partial charge on any atom is -0.497 e. The number of hydrogen-bond donors (Lipinski definition) is 1. The smallest absolute Gasteiger partial charge is 0.294 e. The van der Waals surface area contributed by atoms with Crippen LogP contribution < -0.4 is 19.7 Å². The Bertz CT molecular complexity index is 1340. The van der Waals surface area contributed by atoms with E-state index in [-0.39, 0.29) is 18.7 Å². The molecule has 1 aliphatic rings. The number of likely N-dealkylation sites (N-methyl/N-ethyl adjacent to an activating group) is 1. The van der Waals surface area contributed by atoms with Gasteiger partial charge >= 0.3 is 0 Å². The van der Waals surface area contributed by atoms with Crippen molar-refractivity contribution in [3.05, 3.63) is 83.7 Å². The molecule has 3 rings (SSSR count). The fourth-order valence-electron chi connectivity index (χ4n) is 4.10. The van der Waals surface area contributed by atoms with Crippen LogP contribution in [0, 0.1) is 5.92 Å². The molecule has 9 nitrogen and oxygen atoms in total. The molecule has 1 aliphatic carbocycles. The summed E-state index contributed by atoms with van der Waals surface area (Å²) in [5.74, 6) is -2.10. The number of nitrogens with zero attached hydrogens (tertiary/aromatic N) is 1. The first kappa shape index (κ1) is 28.9. The van der Waals surface area contributed by atoms with Gasteiger partial charge in [0.1, 0.15) is 5.76 Å². The Balaban J connectivity index is 1.93. The Morgan fingerprint density at radius 3 is 2.23 bits per heavy atom. The third-order valence-electron chi connectivity index (χ3n) is 6.23. The lowest BCUT2D eigenvalue weighted by Crippen LogP contribution is -2.41. The topological polar surface area (TPSA) is 111 Å². The van der Waals surface area contributed by atoms with Gasteiger partial charge in [0.2, 0.25) is 11.7 Å². The van der Waals surface area contributed by atoms with E-state index in [1.807, 2.05) is 0 Å². The molecule has 39 heavy (non-hydrogen) atoms. The van der Waals surface area contributed by atoms with Crippen LogP contribution in [0.1, 0.15) is 18.9 Å². The number of benzene rings is 2. The van der Waals surface area contributed by atoms with E-state index in [9.17, 15) is 19.2 Å². The minimum atomic E-state index is -1.27. The molecule has 0 saturated carbocycles. The average Bonchev–Trinajstić information content (AvgIpc) is 3.20. The number of hydrogen-bond acceptors (Lipinski definition) is 7. The van der Waals surface area contributed by atoms with Crippen LogP contribution in [-0.2, 0) is 30.3 Å². The first-order valence-corrected chi connectivity index (χ1v) is 12.2. The lowest BCUT2D eigenvalue weighted by atomic mass is 9.86. The molecule has 1 unspecified atom stereocenters. The number of rotatable bonds is 11. The van der Waals surface area contributed by atoms with Crippen LogP contribution in [0.25, 0.3) is 0 Å². The maximum atomic E-state index is 13.7. The molecular formula is C30H32N2O7. The number of allylic oxidation sites excluding steroid dienone is 5. The fraction of sp³-hybridized carbons (Fsp3) is 0.267. The van der Waals surface area contributed by atoms with E-state index in [1.165, 1.54) is 40.2 Å². The summed E-state index contributed by atoms with van der Waals surface area (Å²) in [6.45, 7) is 1.39. The molecule has 0 aromatic heterocycles. The van der Waals surface area contributed by atoms with Gasteiger partial charge in [0, 0.05) is 25.3 Å². The van der Waals surface area contributed by atoms with Crippen molar-refractivity contribution < 1.29 is 33.4 Å². The average molecular weight is 533 g/mol. The molecule has 0 bridgehead atoms. The molecule has 0 saturated heterocycles. The van der Waals surface area contributed by atoms with Crippen molar-refractivity contribution in [1.82, 2.24) is 0 Å². The zero-order valence-corrected chi connectivity index (χ0v) is 22.6. The van der Waals surface area contributed by atoms with Gasteiger partial charge < -0.3 is 24.4 Å². The van der Waals surface area contributed by atoms with Gasteiger partial charge in [-0.15, -0.1) is 0 Å². The number of nitrogens with one attached hydrogen (secondary N) is 1. The minimum absolute atomic E-state index is 0.0129. The van der Waals surface area contributed by atoms with Crippen LogP contribution in [0.5, 0.6) is 11.5 Å². The predicted molar refractivity (Wildman–Crippen MR) is 148 cm³/mol. The first-order valence-electron chi connectivity index (χ1n) is 12.2. The molecule has 0 spiro atoms. The molecule has 204 valence electrons. The van der Waals surface area contributed by atoms with Gasteiger partial charge in [0.25, 0.3) is 5.91 Å². The van der Waals surface area contributed by atoms with Gasteiger partial charge in [-0.2, -0.15) is 0 Å². The van der Waals surface area contributed by atoms with Crippen LogP contribution in [0.15, 0.2) is 78.1 Å². The van der Waals surface area contributed by atoms with Crippen LogP contribution in [0.3, 0.4) is 0 Å². The Hall–Kier alpha value is -4.66. The second-order valence-electron chi connectivity index (χ2n) is 8.84. The highest BCUT2D eigenvalue weighted by molar-refractivity contribution is 6.45. The third-order valence-corrected chi connectivity index (χ3v) is 6.23. The molecule has 2 aromatic rings. The summed E-state index contributed by atoms with van der Waals surface area (Å²) in [7, 11) is 6.00. The van der Waals surface area contributed by atoms with Crippen LogP contribution >= 0.6 is 0 Å². The second kappa shape index (κ2) is 13.2. The molecule has 1 N–H and O–H groups in total. The summed E-state index contributed by atoms with van der Waals surface area (Å²) in [6, 6.07) is 11.6. The number of ketones is 2. The summed E-state index contributed by atoms with van der Waals surface area (Å²) in [5.41, 5.74) is 2.00. The highest BCUT2D eigenvalue weighted by Gasteiger charge is 2.35. The highest BCUT2D eigenvalue weighted by atomic mass is 16.5. The molecule has 1 atom stereocenters. The van der Waals surface area contributed by atoms with E-state index in [1.54, 1.807) is 66.8 Å². The fourth-order valence-corrected chi connectivity index (χ4v) is 4.10. The van der Waals surface area contributed by atoms with E-state index < -0.39 is 23.4 Å². The second-order valence-corrected chi connectivity index (χ2v) is 8.84. The van der Waals surface area contributed by atoms with E-state index in [0.29, 0.717) is 39.8 Å². The Morgan fingerprint density at radius 2 is 1.62 bits per heavy atom. The molecule has 9 heteroatoms. The monoisotopic (exact) mass is 532 g/mol. The standard InChI is InChI=1S/C30H32N2O7/c1-19(33)31-22-11-13-23(14-12-22)32(2)30(36)29(35)25(17-20-9-16-26(38-4)27(18-20)39-5)28(34)21-7-6-8-24(37-3)15-10-21/h6,8-16,18,25H,7,17H2,1-5H3,(H,31,33). The summed E-state index contributed by atoms with van der Waals surface area (Å²) in [5, 5.41) is 2.65. The number of anilines is 2. The molecule has 0 radical (unpaired) electrons. The number of methoxy groups -OCH3 is 3. The Kier molecular flexibility index (Phi) is 9.80. The maximum Gasteiger partial charge on any atom is 0.294 e. The number of amides is 2. The summed E-state index contributed by atoms with van der Waals surface area (Å²) >= 11 is 0. The van der Waals surface area contributed by atoms with Crippen molar-refractivity contribution in [1.29, 1.82) is 0 Å². The lowest BCUT2D eigenvalue weighted by Gasteiger charge is -2.21. The Labute approximate surface area is 227 Å². The van der Waals surface area contributed by atoms with Gasteiger partial charge in [0.15, 0.2) is 17.3 Å². The largest absolute Gasteiger partial charge is 0.497 e. The molecule has 0 heterocycles. The van der Waals surface area contributed by atoms with Crippen molar-refractivity contribution >= 4 is 34.8 Å². The Morgan fingerprint density at radius 1 is 0.923 bits per heavy atom. The number of Topliss-reactive ketones (excluding diaryl/α,β-unsaturated/α-hetero) is 2. The highest BCUT2D eigenvalue weighted by Crippen LogP contribution is 2.30. The number of carbonyl (C=O) groups excluding carboxylic acids is 4. The normalized spacial score (nSPS) is 13.3. The molecule has 2 aromatic carbocycles. The predicted octanol–water partition coefficient (Wildman–Crippen LogP) is 4.04. The van der Waals surface area contributed by atoms with Gasteiger partial charge in [-0.25, -0.2) is 0 Å². The summed E-state index contributed by atoms with van der Waals surface area (Å²) < 4.78 is 15.9. The zero-order chi connectivity index (χ0) is 28.5. The van der Waals surface area contributed by atoms with E-state index in [4.69, 9.17) is 14.2 Å². The van der Waals surface area contributed by atoms with Gasteiger partial charge in [-0.1, -0.05) is 18.2 Å². The van der Waals surface area contributed by atoms with Crippen LogP contribution in [0.2, 0.25) is 0 Å². The van der Waals surface area contributed by atoms with Crippen LogP contribution in [0.4, 0.5) is 11.4 Å². The quantitative estimate of drug-likeness (QED) is 0.343. The van der Waals surface area contributed by atoms with Crippen molar-refractivity contribution in [2.24, 2.45) is 5.92 Å². The van der Waals surface area contributed by atoms with E-state index in [0.717, 1.165) is 0 Å². The number of ether oxygens (including phenoxy) is 3. The molecular weight excluding hydrogens is 500 g/mol. The van der Waals surface area contributed by atoms with Crippen molar-refractivity contribution in [2.75, 3.05) is 38.6 Å². The summed E-state index contributed by atoms with van der Waals surface area (Å²) in [4.78, 5) is 53.2. The van der Waals surface area contributed by atoms with Crippen molar-refractivity contribution in [2.45, 2.75) is 19.8 Å². The van der Waals surface area contributed by atoms with Crippen molar-refractivity contribution in [3.8, 4) is 11.5 Å². The molecule has 0 aliphatic heterocycles. The first-order chi connectivity index (χ1) is 18.7. The SMILES string of the molecule is COC1=CC=C(C(=O)C(Cc2ccc(OC)c(OC)c2)C(=O)C(=O)N(C)c2ccc(NC(C)=O)cc2)CC=C1. The lowest BCUT2D eigenvalue weighted by molar-refractivity contribution is -0.141. The van der Waals surface area contributed by atoms with E-state index in [2.05, 4.69) is 5.32 Å². The van der Waals surface area contributed by atoms with E-state index >= 15 is 0 Å². The van der Waals surface area contributed by atoms with Gasteiger partial charge in [-0.3, -0.25) is 19.2 Å². The third kappa shape index (κ3) is 7.22.